The number of rotatable bonds is 4. The molecule has 0 spiro atoms. The fourth-order valence-electron chi connectivity index (χ4n) is 2.81. The zero-order valence-electron chi connectivity index (χ0n) is 13.9. The largest absolute Gasteiger partial charge is 0.322 e. The van der Waals surface area contributed by atoms with Crippen LogP contribution in [0.2, 0.25) is 0 Å². The van der Waals surface area contributed by atoms with Gasteiger partial charge in [-0.2, -0.15) is 4.31 Å². The molecule has 0 aromatic heterocycles. The van der Waals surface area contributed by atoms with Crippen LogP contribution in [0, 0.1) is 11.6 Å². The van der Waals surface area contributed by atoms with Gasteiger partial charge in [0, 0.05) is 24.3 Å². The fraction of sp³-hybridized carbons (Fsp3) is 0.278. The maximum Gasteiger partial charge on any atom is 0.255 e. The Morgan fingerprint density at radius 1 is 0.923 bits per heavy atom. The minimum Gasteiger partial charge on any atom is -0.322 e. The molecular formula is C18H18F2N2O3S. The summed E-state index contributed by atoms with van der Waals surface area (Å²) in [6.07, 6.45) is 2.73. The van der Waals surface area contributed by atoms with Gasteiger partial charge in [-0.15, -0.1) is 0 Å². The summed E-state index contributed by atoms with van der Waals surface area (Å²) in [7, 11) is -3.54. The first kappa shape index (κ1) is 18.5. The topological polar surface area (TPSA) is 66.5 Å². The van der Waals surface area contributed by atoms with Crippen LogP contribution in [-0.2, 0) is 10.0 Å². The van der Waals surface area contributed by atoms with Crippen molar-refractivity contribution in [2.45, 2.75) is 24.2 Å². The number of carbonyl (C=O) groups excluding carboxylic acids is 1. The van der Waals surface area contributed by atoms with Gasteiger partial charge in [-0.05, 0) is 55.3 Å². The van der Waals surface area contributed by atoms with E-state index in [1.54, 1.807) is 0 Å². The van der Waals surface area contributed by atoms with Crippen LogP contribution in [0.1, 0.15) is 29.6 Å². The number of amides is 1. The molecule has 0 bridgehead atoms. The van der Waals surface area contributed by atoms with Gasteiger partial charge in [0.25, 0.3) is 5.91 Å². The summed E-state index contributed by atoms with van der Waals surface area (Å²) in [4.78, 5) is 12.2. The second kappa shape index (κ2) is 7.51. The molecule has 3 rings (SSSR count). The van der Waals surface area contributed by atoms with Crippen LogP contribution < -0.4 is 5.32 Å². The number of nitrogens with one attached hydrogen (secondary N) is 1. The minimum absolute atomic E-state index is 0.0334. The maximum atomic E-state index is 13.2. The van der Waals surface area contributed by atoms with Gasteiger partial charge in [-0.1, -0.05) is 6.42 Å². The van der Waals surface area contributed by atoms with E-state index in [0.29, 0.717) is 18.8 Å². The number of nitrogens with zero attached hydrogens (tertiary/aromatic N) is 1. The molecule has 1 aliphatic heterocycles. The Hall–Kier alpha value is -2.32. The quantitative estimate of drug-likeness (QED) is 0.884. The lowest BCUT2D eigenvalue weighted by Gasteiger charge is -2.25. The SMILES string of the molecule is O=C(Nc1ccc(S(=O)(=O)N2CCCCC2)cc1)c1ccc(F)c(F)c1. The molecule has 0 atom stereocenters. The third-order valence-corrected chi connectivity index (χ3v) is 6.16. The summed E-state index contributed by atoms with van der Waals surface area (Å²) >= 11 is 0. The normalized spacial score (nSPS) is 15.6. The number of piperidine rings is 1. The van der Waals surface area contributed by atoms with Crippen molar-refractivity contribution in [1.82, 2.24) is 4.31 Å². The smallest absolute Gasteiger partial charge is 0.255 e. The molecule has 0 unspecified atom stereocenters. The number of benzene rings is 2. The Labute approximate surface area is 150 Å². The van der Waals surface area contributed by atoms with Gasteiger partial charge < -0.3 is 5.32 Å². The van der Waals surface area contributed by atoms with Crippen molar-refractivity contribution < 1.29 is 22.0 Å². The van der Waals surface area contributed by atoms with Gasteiger partial charge in [0.2, 0.25) is 10.0 Å². The number of halogens is 2. The Bertz CT molecular complexity index is 909. The first-order valence-corrected chi connectivity index (χ1v) is 9.68. The summed E-state index contributed by atoms with van der Waals surface area (Å²) in [5, 5.41) is 2.53. The molecule has 2 aromatic rings. The standard InChI is InChI=1S/C18H18F2N2O3S/c19-16-9-4-13(12-17(16)20)18(23)21-14-5-7-15(8-6-14)26(24,25)22-10-2-1-3-11-22/h4-9,12H,1-3,10-11H2,(H,21,23). The lowest BCUT2D eigenvalue weighted by Crippen LogP contribution is -2.35. The summed E-state index contributed by atoms with van der Waals surface area (Å²) in [6, 6.07) is 8.63. The molecule has 26 heavy (non-hydrogen) atoms. The molecule has 8 heteroatoms. The first-order chi connectivity index (χ1) is 12.4. The zero-order chi connectivity index (χ0) is 18.7. The molecule has 1 N–H and O–H groups in total. The lowest BCUT2D eigenvalue weighted by atomic mass is 10.2. The average Bonchev–Trinajstić information content (AvgIpc) is 2.65. The van der Waals surface area contributed by atoms with Crippen molar-refractivity contribution in [3.8, 4) is 0 Å². The fourth-order valence-corrected chi connectivity index (χ4v) is 4.32. The van der Waals surface area contributed by atoms with Gasteiger partial charge in [0.05, 0.1) is 4.90 Å². The van der Waals surface area contributed by atoms with Crippen molar-refractivity contribution in [3.63, 3.8) is 0 Å². The van der Waals surface area contributed by atoms with Crippen LogP contribution in [0.4, 0.5) is 14.5 Å². The van der Waals surface area contributed by atoms with E-state index in [2.05, 4.69) is 5.32 Å². The Morgan fingerprint density at radius 2 is 1.58 bits per heavy atom. The maximum absolute atomic E-state index is 13.2. The van der Waals surface area contributed by atoms with Crippen molar-refractivity contribution in [1.29, 1.82) is 0 Å². The molecule has 0 radical (unpaired) electrons. The highest BCUT2D eigenvalue weighted by Crippen LogP contribution is 2.22. The van der Waals surface area contributed by atoms with Gasteiger partial charge in [-0.25, -0.2) is 17.2 Å². The molecule has 1 aliphatic rings. The third kappa shape index (κ3) is 3.91. The van der Waals surface area contributed by atoms with Crippen molar-refractivity contribution in [2.24, 2.45) is 0 Å². The van der Waals surface area contributed by atoms with Crippen molar-refractivity contribution in [2.75, 3.05) is 18.4 Å². The van der Waals surface area contributed by atoms with Crippen molar-refractivity contribution in [3.05, 3.63) is 59.7 Å². The second-order valence-electron chi connectivity index (χ2n) is 6.07. The van der Waals surface area contributed by atoms with Crippen LogP contribution >= 0.6 is 0 Å². The number of carbonyl (C=O) groups is 1. The first-order valence-electron chi connectivity index (χ1n) is 8.24. The van der Waals surface area contributed by atoms with Crippen LogP contribution in [0.15, 0.2) is 47.4 Å². The Balaban J connectivity index is 1.73. The highest BCUT2D eigenvalue weighted by molar-refractivity contribution is 7.89. The molecule has 138 valence electrons. The minimum atomic E-state index is -3.54. The lowest BCUT2D eigenvalue weighted by molar-refractivity contribution is 0.102. The summed E-state index contributed by atoms with van der Waals surface area (Å²) < 4.78 is 52.8. The molecule has 1 fully saturated rings. The van der Waals surface area contributed by atoms with E-state index in [9.17, 15) is 22.0 Å². The van der Waals surface area contributed by atoms with E-state index in [4.69, 9.17) is 0 Å². The zero-order valence-corrected chi connectivity index (χ0v) is 14.7. The molecule has 1 amide bonds. The van der Waals surface area contributed by atoms with E-state index < -0.39 is 27.6 Å². The monoisotopic (exact) mass is 380 g/mol. The highest BCUT2D eigenvalue weighted by Gasteiger charge is 2.25. The Kier molecular flexibility index (Phi) is 5.33. The third-order valence-electron chi connectivity index (χ3n) is 4.25. The van der Waals surface area contributed by atoms with Crippen LogP contribution in [0.25, 0.3) is 0 Å². The summed E-state index contributed by atoms with van der Waals surface area (Å²) in [6.45, 7) is 1.02. The number of sulfonamides is 1. The van der Waals surface area contributed by atoms with Gasteiger partial charge in [-0.3, -0.25) is 4.79 Å². The molecule has 5 nitrogen and oxygen atoms in total. The number of anilines is 1. The number of hydrogen-bond donors (Lipinski definition) is 1. The molecular weight excluding hydrogens is 362 g/mol. The summed E-state index contributed by atoms with van der Waals surface area (Å²) in [5.74, 6) is -2.76. The van der Waals surface area contributed by atoms with Crippen LogP contribution in [0.3, 0.4) is 0 Å². The van der Waals surface area contributed by atoms with E-state index in [-0.39, 0.29) is 10.5 Å². The number of hydrogen-bond acceptors (Lipinski definition) is 3. The molecule has 1 heterocycles. The van der Waals surface area contributed by atoms with Gasteiger partial charge in [0.1, 0.15) is 0 Å². The molecule has 1 saturated heterocycles. The Morgan fingerprint density at radius 3 is 2.19 bits per heavy atom. The van der Waals surface area contributed by atoms with Gasteiger partial charge >= 0.3 is 0 Å². The molecule has 2 aromatic carbocycles. The van der Waals surface area contributed by atoms with Crippen molar-refractivity contribution >= 4 is 21.6 Å². The van der Waals surface area contributed by atoms with Gasteiger partial charge in [0.15, 0.2) is 11.6 Å². The van der Waals surface area contributed by atoms with Crippen LogP contribution in [0.5, 0.6) is 0 Å². The van der Waals surface area contributed by atoms with E-state index in [0.717, 1.165) is 31.4 Å². The van der Waals surface area contributed by atoms with Crippen LogP contribution in [-0.4, -0.2) is 31.7 Å². The predicted octanol–water partition coefficient (Wildman–Crippen LogP) is 3.39. The molecule has 0 aliphatic carbocycles. The second-order valence-corrected chi connectivity index (χ2v) is 8.01. The summed E-state index contributed by atoms with van der Waals surface area (Å²) in [5.41, 5.74) is 0.325. The predicted molar refractivity (Wildman–Crippen MR) is 93.4 cm³/mol. The van der Waals surface area contributed by atoms with E-state index in [1.807, 2.05) is 0 Å². The highest BCUT2D eigenvalue weighted by atomic mass is 32.2. The average molecular weight is 380 g/mol. The van der Waals surface area contributed by atoms with E-state index in [1.165, 1.54) is 34.6 Å². The molecule has 0 saturated carbocycles. The van der Waals surface area contributed by atoms with E-state index >= 15 is 0 Å².